The van der Waals surface area contributed by atoms with Gasteiger partial charge in [-0.15, -0.1) is 5.73 Å². The smallest absolute Gasteiger partial charge is 0.0130 e. The van der Waals surface area contributed by atoms with Crippen LogP contribution in [-0.2, 0) is 0 Å². The van der Waals surface area contributed by atoms with Gasteiger partial charge in [0.1, 0.15) is 0 Å². The van der Waals surface area contributed by atoms with Crippen molar-refractivity contribution < 1.29 is 0 Å². The summed E-state index contributed by atoms with van der Waals surface area (Å²) in [4.78, 5) is 0. The number of benzene rings is 1. The lowest BCUT2D eigenvalue weighted by Crippen LogP contribution is -1.72. The zero-order valence-electron chi connectivity index (χ0n) is 7.96. The summed E-state index contributed by atoms with van der Waals surface area (Å²) in [6.07, 6.45) is 6.95. The van der Waals surface area contributed by atoms with Crippen molar-refractivity contribution in [2.75, 3.05) is 0 Å². The van der Waals surface area contributed by atoms with E-state index in [1.54, 1.807) is 0 Å². The molecule has 0 N–H and O–H groups in total. The minimum absolute atomic E-state index is 0.821. The minimum atomic E-state index is 0.821. The van der Waals surface area contributed by atoms with Crippen LogP contribution in [0.25, 0.3) is 6.08 Å². The predicted molar refractivity (Wildman–Crippen MR) is 56.5 cm³/mol. The molecule has 0 nitrogen and oxygen atoms in total. The molecule has 0 aliphatic heterocycles. The van der Waals surface area contributed by atoms with Crippen molar-refractivity contribution in [3.8, 4) is 0 Å². The number of aryl methyl sites for hydroxylation is 1. The second kappa shape index (κ2) is 3.64. The number of rotatable bonds is 2. The molecular formula is C13H14. The highest BCUT2D eigenvalue weighted by atomic mass is 14.2. The maximum atomic E-state index is 3.23. The molecule has 2 rings (SSSR count). The molecule has 0 bridgehead atoms. The van der Waals surface area contributed by atoms with Gasteiger partial charge in [-0.25, -0.2) is 0 Å². The lowest BCUT2D eigenvalue weighted by molar-refractivity contribution is 1.13. The second-order valence-electron chi connectivity index (χ2n) is 3.73. The zero-order valence-corrected chi connectivity index (χ0v) is 7.96. The summed E-state index contributed by atoms with van der Waals surface area (Å²) in [5, 5.41) is 0. The summed E-state index contributed by atoms with van der Waals surface area (Å²) in [6.45, 7) is 2.10. The van der Waals surface area contributed by atoms with Crippen LogP contribution in [0.2, 0.25) is 0 Å². The summed E-state index contributed by atoms with van der Waals surface area (Å²) in [5.41, 5.74) is 5.78. The van der Waals surface area contributed by atoms with Crippen LogP contribution in [0.4, 0.5) is 0 Å². The summed E-state index contributed by atoms with van der Waals surface area (Å²) < 4.78 is 0. The molecule has 0 amide bonds. The third kappa shape index (κ3) is 2.61. The first-order valence-corrected chi connectivity index (χ1v) is 4.84. The van der Waals surface area contributed by atoms with E-state index >= 15 is 0 Å². The fourth-order valence-electron chi connectivity index (χ4n) is 1.21. The van der Waals surface area contributed by atoms with Crippen molar-refractivity contribution in [3.63, 3.8) is 0 Å². The van der Waals surface area contributed by atoms with Crippen LogP contribution in [0.1, 0.15) is 24.0 Å². The predicted octanol–water partition coefficient (Wildman–Crippen LogP) is 3.57. The third-order valence-electron chi connectivity index (χ3n) is 2.28. The van der Waals surface area contributed by atoms with Crippen molar-refractivity contribution in [3.05, 3.63) is 47.2 Å². The topological polar surface area (TPSA) is 0 Å². The molecule has 0 heterocycles. The van der Waals surface area contributed by atoms with E-state index in [1.807, 2.05) is 0 Å². The van der Waals surface area contributed by atoms with Gasteiger partial charge in [-0.05, 0) is 43.4 Å². The fourth-order valence-corrected chi connectivity index (χ4v) is 1.21. The monoisotopic (exact) mass is 170 g/mol. The summed E-state index contributed by atoms with van der Waals surface area (Å²) >= 11 is 0. The standard InChI is InChI=1S/C13H14/c1-11-5-7-12(8-6-11)3-2-4-13-9-10-13/h3-8,13H,9-10H2,1H3. The quantitative estimate of drug-likeness (QED) is 0.595. The Balaban J connectivity index is 2.08. The largest absolute Gasteiger partial charge is 0.124 e. The molecule has 0 heteroatoms. The highest BCUT2D eigenvalue weighted by molar-refractivity contribution is 5.49. The van der Waals surface area contributed by atoms with E-state index in [1.165, 1.54) is 24.0 Å². The van der Waals surface area contributed by atoms with Gasteiger partial charge >= 0.3 is 0 Å². The van der Waals surface area contributed by atoms with Crippen molar-refractivity contribution in [1.29, 1.82) is 0 Å². The zero-order chi connectivity index (χ0) is 9.10. The van der Waals surface area contributed by atoms with Gasteiger partial charge in [-0.1, -0.05) is 29.8 Å². The lowest BCUT2D eigenvalue weighted by atomic mass is 10.1. The molecule has 1 aliphatic carbocycles. The van der Waals surface area contributed by atoms with Gasteiger partial charge < -0.3 is 0 Å². The Morgan fingerprint density at radius 1 is 1.23 bits per heavy atom. The van der Waals surface area contributed by atoms with Gasteiger partial charge in [0, 0.05) is 0 Å². The van der Waals surface area contributed by atoms with E-state index in [0.29, 0.717) is 0 Å². The summed E-state index contributed by atoms with van der Waals surface area (Å²) in [7, 11) is 0. The lowest BCUT2D eigenvalue weighted by Gasteiger charge is -1.91. The maximum Gasteiger partial charge on any atom is -0.0130 e. The molecule has 1 aromatic carbocycles. The van der Waals surface area contributed by atoms with Gasteiger partial charge in [-0.3, -0.25) is 0 Å². The van der Waals surface area contributed by atoms with Crippen LogP contribution >= 0.6 is 0 Å². The molecule has 0 atom stereocenters. The molecule has 1 aliphatic rings. The first-order chi connectivity index (χ1) is 6.34. The first-order valence-electron chi connectivity index (χ1n) is 4.84. The molecule has 0 aromatic heterocycles. The normalized spacial score (nSPS) is 14.8. The van der Waals surface area contributed by atoms with Crippen LogP contribution in [0, 0.1) is 12.8 Å². The SMILES string of the molecule is Cc1ccc(C=C=CC2CC2)cc1. The van der Waals surface area contributed by atoms with Crippen LogP contribution in [0.15, 0.2) is 36.1 Å². The van der Waals surface area contributed by atoms with Crippen molar-refractivity contribution >= 4 is 6.08 Å². The molecule has 0 saturated heterocycles. The van der Waals surface area contributed by atoms with Crippen LogP contribution < -0.4 is 0 Å². The number of hydrogen-bond donors (Lipinski definition) is 0. The van der Waals surface area contributed by atoms with Gasteiger partial charge in [0.2, 0.25) is 0 Å². The van der Waals surface area contributed by atoms with E-state index in [-0.39, 0.29) is 0 Å². The number of allylic oxidation sites excluding steroid dienone is 1. The van der Waals surface area contributed by atoms with Gasteiger partial charge in [0.05, 0.1) is 0 Å². The molecule has 0 spiro atoms. The molecular weight excluding hydrogens is 156 g/mol. The Bertz CT molecular complexity index is 333. The van der Waals surface area contributed by atoms with Gasteiger partial charge in [0.25, 0.3) is 0 Å². The molecule has 1 fully saturated rings. The summed E-state index contributed by atoms with van der Waals surface area (Å²) in [5.74, 6) is 0.821. The summed E-state index contributed by atoms with van der Waals surface area (Å²) in [6, 6.07) is 8.52. The van der Waals surface area contributed by atoms with E-state index < -0.39 is 0 Å². The Morgan fingerprint density at radius 3 is 2.54 bits per heavy atom. The van der Waals surface area contributed by atoms with Crippen LogP contribution in [-0.4, -0.2) is 0 Å². The first kappa shape index (κ1) is 8.34. The molecule has 0 unspecified atom stereocenters. The maximum absolute atomic E-state index is 3.23. The average molecular weight is 170 g/mol. The number of hydrogen-bond acceptors (Lipinski definition) is 0. The third-order valence-corrected chi connectivity index (χ3v) is 2.28. The van der Waals surface area contributed by atoms with Crippen molar-refractivity contribution in [1.82, 2.24) is 0 Å². The Hall–Kier alpha value is -1.26. The molecule has 13 heavy (non-hydrogen) atoms. The highest BCUT2D eigenvalue weighted by Crippen LogP contribution is 2.29. The van der Waals surface area contributed by atoms with E-state index in [0.717, 1.165) is 5.92 Å². The Morgan fingerprint density at radius 2 is 1.92 bits per heavy atom. The van der Waals surface area contributed by atoms with Crippen LogP contribution in [0.3, 0.4) is 0 Å². The Kier molecular flexibility index (Phi) is 2.33. The second-order valence-corrected chi connectivity index (χ2v) is 3.73. The molecule has 1 aromatic rings. The minimum Gasteiger partial charge on any atom is -0.124 e. The van der Waals surface area contributed by atoms with Gasteiger partial charge in [-0.2, -0.15) is 0 Å². The molecule has 0 radical (unpaired) electrons. The van der Waals surface area contributed by atoms with Crippen molar-refractivity contribution in [2.45, 2.75) is 19.8 Å². The van der Waals surface area contributed by atoms with E-state index in [2.05, 4.69) is 49.1 Å². The molecule has 66 valence electrons. The van der Waals surface area contributed by atoms with Gasteiger partial charge in [0.15, 0.2) is 0 Å². The van der Waals surface area contributed by atoms with E-state index in [4.69, 9.17) is 0 Å². The van der Waals surface area contributed by atoms with E-state index in [9.17, 15) is 0 Å². The highest BCUT2D eigenvalue weighted by Gasteiger charge is 2.16. The van der Waals surface area contributed by atoms with Crippen LogP contribution in [0.5, 0.6) is 0 Å². The fraction of sp³-hybridized carbons (Fsp3) is 0.308. The Labute approximate surface area is 79.6 Å². The van der Waals surface area contributed by atoms with Crippen molar-refractivity contribution in [2.24, 2.45) is 5.92 Å². The average Bonchev–Trinajstić information content (AvgIpc) is 2.92. The molecule has 1 saturated carbocycles.